The van der Waals surface area contributed by atoms with Gasteiger partial charge in [-0.1, -0.05) is 198 Å². The van der Waals surface area contributed by atoms with Crippen molar-refractivity contribution in [2.24, 2.45) is 41.4 Å². The number of aryl methyl sites for hydroxylation is 2. The smallest absolute Gasteiger partial charge is 0.0992 e. The number of nitrogens with zero attached hydrogens (tertiary/aromatic N) is 14. The minimum atomic E-state index is -0.490. The van der Waals surface area contributed by atoms with Gasteiger partial charge in [-0.05, 0) is 244 Å². The fraction of sp³-hybridized carbons (Fsp3) is 0.546. The number of aliphatic hydroxyl groups is 7. The zero-order valence-electron chi connectivity index (χ0n) is 78.0. The summed E-state index contributed by atoms with van der Waals surface area (Å²) in [5.74, 6) is 4.40. The van der Waals surface area contributed by atoms with Gasteiger partial charge in [0.1, 0.15) is 0 Å². The Labute approximate surface area is 802 Å². The molecule has 0 radical (unpaired) electrons. The fourth-order valence-electron chi connectivity index (χ4n) is 23.0. The molecule has 8 fully saturated rings. The molecule has 14 heterocycles. The van der Waals surface area contributed by atoms with Crippen LogP contribution in [0.25, 0.3) is 38.6 Å². The predicted molar refractivity (Wildman–Crippen MR) is 535 cm³/mol. The van der Waals surface area contributed by atoms with Gasteiger partial charge in [0, 0.05) is 95.9 Å². The number of aromatic nitrogens is 14. The third-order valence-corrected chi connectivity index (χ3v) is 32.2. The van der Waals surface area contributed by atoms with Crippen LogP contribution in [0.5, 0.6) is 0 Å². The summed E-state index contributed by atoms with van der Waals surface area (Å²) < 4.78 is 15.0. The molecule has 7 unspecified atom stereocenters. The van der Waals surface area contributed by atoms with E-state index in [1.165, 1.54) is 208 Å². The van der Waals surface area contributed by atoms with Gasteiger partial charge in [0.05, 0.1) is 169 Å². The summed E-state index contributed by atoms with van der Waals surface area (Å²) in [5, 5.41) is 76.4. The molecule has 7 N–H and O–H groups in total. The minimum absolute atomic E-state index is 0.314. The summed E-state index contributed by atoms with van der Waals surface area (Å²) >= 11 is 14.9. The number of pyridine rings is 7. The van der Waals surface area contributed by atoms with Crippen LogP contribution in [0, 0.1) is 58.8 Å². The monoisotopic (exact) mass is 1940 g/mol. The van der Waals surface area contributed by atoms with Gasteiger partial charge in [-0.3, -0.25) is 0 Å². The molecule has 24 heteroatoms. The quantitative estimate of drug-likeness (QED) is 0.0394. The first-order valence-electron chi connectivity index (χ1n) is 50.1. The van der Waals surface area contributed by atoms with Crippen LogP contribution in [-0.2, 0) is 0 Å². The van der Waals surface area contributed by atoms with Crippen LogP contribution in [0.15, 0.2) is 174 Å². The number of fused-ring (bicyclic) bond motifs is 7. The van der Waals surface area contributed by atoms with Crippen molar-refractivity contribution in [2.75, 3.05) is 0 Å². The van der Waals surface area contributed by atoms with Gasteiger partial charge in [0.2, 0.25) is 0 Å². The van der Waals surface area contributed by atoms with Gasteiger partial charge in [-0.15, -0.1) is 0 Å². The molecule has 14 aromatic heterocycles. The van der Waals surface area contributed by atoms with Gasteiger partial charge >= 0.3 is 0 Å². The zero-order chi connectivity index (χ0) is 91.7. The molecule has 0 aliphatic heterocycles. The van der Waals surface area contributed by atoms with Crippen LogP contribution in [-0.4, -0.2) is 101 Å². The lowest BCUT2D eigenvalue weighted by molar-refractivity contribution is 0.0847. The SMILES string of the molecule is CC(C)c1ccn2cncc2c1C(O)C1CCCCC1.Cc1ccn2cncc2c1C(O)C1CCCCC1.Cc1ccn2cncc2c1C(O)CC1CCCCC1.OC(CC1CCCCC1)c1c(Cl)ccn2cncc12.OC(c1c(C2CC2)ccn2cncc12)C1CCCCC1.OC(c1c(Cl)ccn2cncc12)C1CCCCC1.OC(c1c(I)ccn2cncc12)C1CCCCC1. The molecular formula is C108H141Cl2IN14O7. The zero-order valence-corrected chi connectivity index (χ0v) is 81.7. The standard InChI is InChI=1S/C17H22N2O.C17H24N2O.C16H22N2O.C15H19ClN2O.C15H20N2O.C14H17ClN2O.C14H17IN2O/c20-17(13-4-2-1-3-5-13)16-14(12-6-7-12)8-9-19-11-18-10-15(16)19;1-12(2)14-8-9-19-11-18-10-15(19)16(14)17(20)13-6-4-3-5-7-13;1-12-7-8-18-11-17-10-14(18)16(12)15(19)9-13-5-3-2-4-6-13;16-12-6-7-18-10-17-9-13(18)15(12)14(19)8-11-4-2-1-3-5-11;1-11-7-8-17-10-16-9-13(17)14(11)15(18)12-5-3-2-4-6-12;2*15-11-6-7-17-9-16-8-12(17)13(11)14(18)10-4-2-1-3-5-10/h8-13,17,20H,1-7H2;8-13,17,20H,3-7H2,1-2H3;7-8,10-11,13,15,19H,2-6,9H2,1H3;6-7,9-11,14,19H,1-5,8H2;7-10,12,15,18H,2-6H2,1H3;2*6-10,14,18H,1-5H2. The number of rotatable bonds is 18. The maximum absolute atomic E-state index is 11.0. The van der Waals surface area contributed by atoms with Gasteiger partial charge < -0.3 is 66.6 Å². The number of halogens is 3. The van der Waals surface area contributed by atoms with Gasteiger partial charge in [-0.25, -0.2) is 34.9 Å². The molecule has 8 aliphatic carbocycles. The van der Waals surface area contributed by atoms with Crippen molar-refractivity contribution in [3.8, 4) is 0 Å². The molecule has 8 aliphatic rings. The van der Waals surface area contributed by atoms with E-state index in [9.17, 15) is 35.7 Å². The fourth-order valence-corrected chi connectivity index (χ4v) is 24.3. The molecule has 7 atom stereocenters. The molecule has 0 aromatic carbocycles. The summed E-state index contributed by atoms with van der Waals surface area (Å²) in [6.45, 7) is 8.54. The second-order valence-corrected chi connectivity index (χ2v) is 41.9. The lowest BCUT2D eigenvalue weighted by atomic mass is 9.80. The molecule has 132 heavy (non-hydrogen) atoms. The van der Waals surface area contributed by atoms with E-state index in [-0.39, 0.29) is 30.5 Å². The topological polar surface area (TPSA) is 263 Å². The highest BCUT2D eigenvalue weighted by atomic mass is 127. The maximum Gasteiger partial charge on any atom is 0.0992 e. The molecule has 0 bridgehead atoms. The Kier molecular flexibility index (Phi) is 34.2. The summed E-state index contributed by atoms with van der Waals surface area (Å²) in [6.07, 6.45) is 84.3. The highest BCUT2D eigenvalue weighted by Gasteiger charge is 2.36. The molecule has 21 nitrogen and oxygen atoms in total. The molecule has 706 valence electrons. The third kappa shape index (κ3) is 23.4. The van der Waals surface area contributed by atoms with Crippen LogP contribution < -0.4 is 0 Å². The number of imidazole rings is 7. The predicted octanol–water partition coefficient (Wildman–Crippen LogP) is 25.9. The van der Waals surface area contributed by atoms with Crippen molar-refractivity contribution in [3.63, 3.8) is 0 Å². The van der Waals surface area contributed by atoms with Crippen LogP contribution in [0.3, 0.4) is 0 Å². The second kappa shape index (κ2) is 46.6. The first kappa shape index (κ1) is 97.0. The number of hydrogen-bond acceptors (Lipinski definition) is 14. The summed E-state index contributed by atoms with van der Waals surface area (Å²) in [4.78, 5) is 29.3. The number of aliphatic hydroxyl groups excluding tert-OH is 7. The molecular weight excluding hydrogens is 1800 g/mol. The minimum Gasteiger partial charge on any atom is -0.388 e. The lowest BCUT2D eigenvalue weighted by Gasteiger charge is -2.29. The highest BCUT2D eigenvalue weighted by molar-refractivity contribution is 14.1. The van der Waals surface area contributed by atoms with E-state index in [0.29, 0.717) is 63.3 Å². The first-order chi connectivity index (χ1) is 64.3. The Morgan fingerprint density at radius 3 is 0.947 bits per heavy atom. The van der Waals surface area contributed by atoms with Crippen molar-refractivity contribution in [3.05, 3.63) is 248 Å². The van der Waals surface area contributed by atoms with E-state index in [1.54, 1.807) is 44.0 Å². The van der Waals surface area contributed by atoms with E-state index in [2.05, 4.69) is 128 Å². The molecule has 14 aromatic rings. The van der Waals surface area contributed by atoms with Crippen LogP contribution in [0.4, 0.5) is 0 Å². The van der Waals surface area contributed by atoms with Gasteiger partial charge in [0.15, 0.2) is 0 Å². The normalized spacial score (nSPS) is 19.5. The average molecular weight is 1950 g/mol. The highest BCUT2D eigenvalue weighted by Crippen LogP contribution is 2.49. The molecule has 0 spiro atoms. The Hall–Kier alpha value is -8.14. The average Bonchev–Trinajstić information content (AvgIpc) is 1.59. The van der Waals surface area contributed by atoms with E-state index in [0.717, 1.165) is 145 Å². The van der Waals surface area contributed by atoms with Crippen LogP contribution in [0.1, 0.15) is 380 Å². The first-order valence-corrected chi connectivity index (χ1v) is 52.0. The van der Waals surface area contributed by atoms with Crippen molar-refractivity contribution in [2.45, 2.75) is 333 Å². The third-order valence-electron chi connectivity index (χ3n) is 30.6. The second-order valence-electron chi connectivity index (χ2n) is 39.9. The summed E-state index contributed by atoms with van der Waals surface area (Å²) in [6, 6.07) is 14.2. The Morgan fingerprint density at radius 2 is 0.561 bits per heavy atom. The number of hydrogen-bond donors (Lipinski definition) is 7. The lowest BCUT2D eigenvalue weighted by Crippen LogP contribution is -2.18. The van der Waals surface area contributed by atoms with Crippen molar-refractivity contribution in [1.82, 2.24) is 65.7 Å². The largest absolute Gasteiger partial charge is 0.388 e. The Morgan fingerprint density at radius 1 is 0.295 bits per heavy atom. The Bertz CT molecular complexity index is 5520. The van der Waals surface area contributed by atoms with Crippen molar-refractivity contribution in [1.29, 1.82) is 0 Å². The molecule has 22 rings (SSSR count). The molecule has 0 amide bonds. The van der Waals surface area contributed by atoms with Gasteiger partial charge in [0.25, 0.3) is 0 Å². The van der Waals surface area contributed by atoms with Gasteiger partial charge in [-0.2, -0.15) is 0 Å². The summed E-state index contributed by atoms with van der Waals surface area (Å²) in [5.41, 5.74) is 19.2. The van der Waals surface area contributed by atoms with E-state index in [4.69, 9.17) is 23.2 Å². The van der Waals surface area contributed by atoms with E-state index >= 15 is 0 Å². The van der Waals surface area contributed by atoms with Crippen LogP contribution in [0.2, 0.25) is 10.0 Å². The van der Waals surface area contributed by atoms with Crippen molar-refractivity contribution < 1.29 is 35.7 Å². The van der Waals surface area contributed by atoms with Crippen molar-refractivity contribution >= 4 is 84.4 Å². The summed E-state index contributed by atoms with van der Waals surface area (Å²) in [7, 11) is 0. The van der Waals surface area contributed by atoms with Crippen LogP contribution >= 0.6 is 45.8 Å². The molecule has 0 saturated heterocycles. The Balaban J connectivity index is 0.000000112. The molecule has 8 saturated carbocycles. The maximum atomic E-state index is 11.0. The van der Waals surface area contributed by atoms with E-state index < -0.39 is 12.2 Å². The van der Waals surface area contributed by atoms with E-state index in [1.807, 2.05) is 118 Å².